The second-order valence-electron chi connectivity index (χ2n) is 14.6. The van der Waals surface area contributed by atoms with Crippen molar-refractivity contribution in [2.75, 3.05) is 0 Å². The standard InChI is InChI=1S/C52H32OS/c1-2-12-31(13-3-1)50-38-17-6-8-19-40(38)51(41-20-9-7-18-39(41)50)42-26-25-34(35-14-4-5-15-36(35)42)33-22-24-43-49(29-33)54-48-27-23-32-28-45-37-16-10-11-21-46(37)53-47(45)30-44(32)52(43)48/h1-10,12-20,22-30H,11,21H2. The first-order valence-corrected chi connectivity index (χ1v) is 19.6. The van der Waals surface area contributed by atoms with Gasteiger partial charge in [-0.2, -0.15) is 0 Å². The van der Waals surface area contributed by atoms with Crippen LogP contribution in [0.3, 0.4) is 0 Å². The molecule has 2 heterocycles. The van der Waals surface area contributed by atoms with Gasteiger partial charge in [0, 0.05) is 37.5 Å². The van der Waals surface area contributed by atoms with Crippen LogP contribution in [-0.4, -0.2) is 0 Å². The Labute approximate surface area is 316 Å². The zero-order valence-corrected chi connectivity index (χ0v) is 30.2. The van der Waals surface area contributed by atoms with Crippen molar-refractivity contribution < 1.29 is 4.42 Å². The second kappa shape index (κ2) is 11.5. The van der Waals surface area contributed by atoms with Crippen molar-refractivity contribution in [3.63, 3.8) is 0 Å². The molecule has 54 heavy (non-hydrogen) atoms. The summed E-state index contributed by atoms with van der Waals surface area (Å²) in [6, 6.07) is 58.6. The number of furan rings is 1. The Morgan fingerprint density at radius 2 is 1.11 bits per heavy atom. The van der Waals surface area contributed by atoms with Crippen molar-refractivity contribution in [1.82, 2.24) is 0 Å². The highest BCUT2D eigenvalue weighted by Crippen LogP contribution is 2.47. The van der Waals surface area contributed by atoms with Gasteiger partial charge in [0.2, 0.25) is 0 Å². The molecular formula is C52H32OS. The smallest absolute Gasteiger partial charge is 0.135 e. The summed E-state index contributed by atoms with van der Waals surface area (Å²) in [5, 5.41) is 14.0. The Balaban J connectivity index is 1.05. The minimum atomic E-state index is 0.972. The zero-order chi connectivity index (χ0) is 35.3. The zero-order valence-electron chi connectivity index (χ0n) is 29.4. The first-order valence-electron chi connectivity index (χ1n) is 18.8. The van der Waals surface area contributed by atoms with Crippen molar-refractivity contribution in [1.29, 1.82) is 0 Å². The molecule has 0 saturated carbocycles. The minimum Gasteiger partial charge on any atom is -0.460 e. The summed E-state index contributed by atoms with van der Waals surface area (Å²) >= 11 is 1.88. The van der Waals surface area contributed by atoms with Crippen LogP contribution in [0, 0.1) is 0 Å². The van der Waals surface area contributed by atoms with Crippen molar-refractivity contribution in [2.24, 2.45) is 0 Å². The number of benzene rings is 9. The molecule has 0 unspecified atom stereocenters. The van der Waals surface area contributed by atoms with Crippen molar-refractivity contribution >= 4 is 91.6 Å². The molecule has 0 atom stereocenters. The number of hydrogen-bond donors (Lipinski definition) is 0. The maximum absolute atomic E-state index is 6.42. The van der Waals surface area contributed by atoms with Crippen LogP contribution in [0.2, 0.25) is 0 Å². The molecule has 0 N–H and O–H groups in total. The van der Waals surface area contributed by atoms with Crippen molar-refractivity contribution in [2.45, 2.75) is 12.8 Å². The largest absolute Gasteiger partial charge is 0.460 e. The molecule has 11 aromatic rings. The van der Waals surface area contributed by atoms with Gasteiger partial charge in [-0.1, -0.05) is 146 Å². The van der Waals surface area contributed by atoms with Gasteiger partial charge in [0.1, 0.15) is 11.3 Å². The summed E-state index contributed by atoms with van der Waals surface area (Å²) in [7, 11) is 0. The molecule has 9 aromatic carbocycles. The van der Waals surface area contributed by atoms with Gasteiger partial charge in [-0.15, -0.1) is 11.3 Å². The quantitative estimate of drug-likeness (QED) is 0.167. The maximum Gasteiger partial charge on any atom is 0.135 e. The Kier molecular flexibility index (Phi) is 6.40. The van der Waals surface area contributed by atoms with Crippen LogP contribution >= 0.6 is 11.3 Å². The van der Waals surface area contributed by atoms with Crippen LogP contribution in [0.25, 0.3) is 114 Å². The molecule has 0 fully saturated rings. The SMILES string of the molecule is C1=Cc2c(oc3cc4c(ccc5sc6cc(-c7ccc(-c8c9ccccc9c(-c9ccccc9)c9ccccc89)c8ccccc78)ccc6c54)cc23)CC1. The van der Waals surface area contributed by atoms with Gasteiger partial charge in [0.05, 0.1) is 0 Å². The lowest BCUT2D eigenvalue weighted by molar-refractivity contribution is 0.546. The molecule has 1 aliphatic carbocycles. The van der Waals surface area contributed by atoms with E-state index in [1.54, 1.807) is 0 Å². The Morgan fingerprint density at radius 3 is 1.87 bits per heavy atom. The summed E-state index contributed by atoms with van der Waals surface area (Å²) in [5.41, 5.74) is 9.82. The van der Waals surface area contributed by atoms with Crippen molar-refractivity contribution in [3.8, 4) is 33.4 Å². The lowest BCUT2D eigenvalue weighted by Crippen LogP contribution is -1.92. The highest BCUT2D eigenvalue weighted by molar-refractivity contribution is 7.26. The number of allylic oxidation sites excluding steroid dienone is 1. The fraction of sp³-hybridized carbons (Fsp3) is 0.0385. The molecular weight excluding hydrogens is 673 g/mol. The van der Waals surface area contributed by atoms with Crippen LogP contribution in [0.15, 0.2) is 168 Å². The van der Waals surface area contributed by atoms with E-state index in [0.717, 1.165) is 24.2 Å². The normalized spacial score (nSPS) is 13.0. The third kappa shape index (κ3) is 4.32. The van der Waals surface area contributed by atoms with Gasteiger partial charge in [0.15, 0.2) is 0 Å². The monoisotopic (exact) mass is 704 g/mol. The molecule has 2 heteroatoms. The van der Waals surface area contributed by atoms with Crippen LogP contribution in [0.1, 0.15) is 17.7 Å². The molecule has 0 saturated heterocycles. The average molecular weight is 705 g/mol. The van der Waals surface area contributed by atoms with Gasteiger partial charge in [0.25, 0.3) is 0 Å². The first-order chi connectivity index (χ1) is 26.8. The molecule has 2 aromatic heterocycles. The number of rotatable bonds is 3. The Morgan fingerprint density at radius 1 is 0.444 bits per heavy atom. The van der Waals surface area contributed by atoms with Crippen LogP contribution in [-0.2, 0) is 6.42 Å². The highest BCUT2D eigenvalue weighted by atomic mass is 32.1. The maximum atomic E-state index is 6.42. The summed E-state index contributed by atoms with van der Waals surface area (Å²) < 4.78 is 9.03. The fourth-order valence-electron chi connectivity index (χ4n) is 9.31. The summed E-state index contributed by atoms with van der Waals surface area (Å²) in [4.78, 5) is 0. The first kappa shape index (κ1) is 30.0. The van der Waals surface area contributed by atoms with E-state index >= 15 is 0 Å². The Bertz CT molecular complexity index is 3320. The lowest BCUT2D eigenvalue weighted by atomic mass is 9.84. The number of aryl methyl sites for hydroxylation is 1. The average Bonchev–Trinajstić information content (AvgIpc) is 3.79. The molecule has 0 radical (unpaired) electrons. The molecule has 252 valence electrons. The summed E-state index contributed by atoms with van der Waals surface area (Å²) in [5.74, 6) is 1.11. The van der Waals surface area contributed by atoms with Crippen LogP contribution in [0.5, 0.6) is 0 Å². The van der Waals surface area contributed by atoms with Gasteiger partial charge < -0.3 is 4.42 Å². The van der Waals surface area contributed by atoms with Gasteiger partial charge in [-0.3, -0.25) is 0 Å². The van der Waals surface area contributed by atoms with Crippen LogP contribution < -0.4 is 0 Å². The van der Waals surface area contributed by atoms with Gasteiger partial charge in [-0.25, -0.2) is 0 Å². The van der Waals surface area contributed by atoms with E-state index in [9.17, 15) is 0 Å². The predicted molar refractivity (Wildman–Crippen MR) is 233 cm³/mol. The van der Waals surface area contributed by atoms with Crippen molar-refractivity contribution in [3.05, 3.63) is 175 Å². The molecule has 0 spiro atoms. The fourth-order valence-corrected chi connectivity index (χ4v) is 10.5. The van der Waals surface area contributed by atoms with Crippen LogP contribution in [0.4, 0.5) is 0 Å². The van der Waals surface area contributed by atoms with E-state index < -0.39 is 0 Å². The van der Waals surface area contributed by atoms with E-state index in [-0.39, 0.29) is 0 Å². The highest BCUT2D eigenvalue weighted by Gasteiger charge is 2.20. The van der Waals surface area contributed by atoms with Gasteiger partial charge in [-0.05, 0) is 107 Å². The molecule has 1 nitrogen and oxygen atoms in total. The molecule has 12 rings (SSSR count). The minimum absolute atomic E-state index is 0.972. The third-order valence-electron chi connectivity index (χ3n) is 11.7. The molecule has 0 amide bonds. The van der Waals surface area contributed by atoms with E-state index in [1.165, 1.54) is 108 Å². The predicted octanol–water partition coefficient (Wildman–Crippen LogP) is 15.4. The van der Waals surface area contributed by atoms with E-state index in [2.05, 4.69) is 170 Å². The van der Waals surface area contributed by atoms with E-state index in [1.807, 2.05) is 11.3 Å². The van der Waals surface area contributed by atoms with E-state index in [4.69, 9.17) is 4.42 Å². The van der Waals surface area contributed by atoms with E-state index in [0.29, 0.717) is 0 Å². The number of fused-ring (bicyclic) bond motifs is 11. The third-order valence-corrected chi connectivity index (χ3v) is 12.8. The summed E-state index contributed by atoms with van der Waals surface area (Å²) in [6.45, 7) is 0. The summed E-state index contributed by atoms with van der Waals surface area (Å²) in [6.07, 6.45) is 6.51. The topological polar surface area (TPSA) is 13.1 Å². The molecule has 0 aliphatic heterocycles. The molecule has 0 bridgehead atoms. The molecule has 1 aliphatic rings. The van der Waals surface area contributed by atoms with Gasteiger partial charge >= 0.3 is 0 Å². The second-order valence-corrected chi connectivity index (χ2v) is 15.7. The number of hydrogen-bond acceptors (Lipinski definition) is 2. The number of thiophene rings is 1. The Hall–Kier alpha value is -6.48. The lowest BCUT2D eigenvalue weighted by Gasteiger charge is -2.19.